The topological polar surface area (TPSA) is 26.0 Å². The molecule has 0 heterocycles. The molecule has 1 aromatic carbocycles. The van der Waals surface area contributed by atoms with Crippen molar-refractivity contribution in [3.05, 3.63) is 33.8 Å². The molecule has 0 fully saturated rings. The van der Waals surface area contributed by atoms with Gasteiger partial charge in [-0.05, 0) is 17.2 Å². The van der Waals surface area contributed by atoms with Crippen LogP contribution in [-0.2, 0) is 11.9 Å². The van der Waals surface area contributed by atoms with Crippen molar-refractivity contribution in [2.75, 3.05) is 0 Å². The molecular formula is C8H9Br2N. The summed E-state index contributed by atoms with van der Waals surface area (Å²) in [7, 11) is 0. The van der Waals surface area contributed by atoms with Gasteiger partial charge in [0, 0.05) is 16.3 Å². The summed E-state index contributed by atoms with van der Waals surface area (Å²) in [6, 6.07) is 6.17. The van der Waals surface area contributed by atoms with Crippen LogP contribution in [0.1, 0.15) is 11.1 Å². The molecule has 11 heavy (non-hydrogen) atoms. The van der Waals surface area contributed by atoms with E-state index in [0.29, 0.717) is 6.54 Å². The molecule has 0 amide bonds. The monoisotopic (exact) mass is 277 g/mol. The van der Waals surface area contributed by atoms with Crippen LogP contribution in [0.3, 0.4) is 0 Å². The van der Waals surface area contributed by atoms with E-state index < -0.39 is 0 Å². The van der Waals surface area contributed by atoms with Crippen molar-refractivity contribution in [1.29, 1.82) is 0 Å². The van der Waals surface area contributed by atoms with Crippen LogP contribution in [0.15, 0.2) is 22.7 Å². The molecule has 2 N–H and O–H groups in total. The first-order valence-electron chi connectivity index (χ1n) is 3.31. The van der Waals surface area contributed by atoms with Gasteiger partial charge in [-0.3, -0.25) is 0 Å². The Morgan fingerprint density at radius 3 is 2.55 bits per heavy atom. The Balaban J connectivity index is 2.99. The Morgan fingerprint density at radius 2 is 2.09 bits per heavy atom. The SMILES string of the molecule is NCc1ccc(CBr)c(Br)c1. The lowest BCUT2D eigenvalue weighted by Gasteiger charge is -2.01. The number of nitrogens with two attached hydrogens (primary N) is 1. The Morgan fingerprint density at radius 1 is 1.36 bits per heavy atom. The predicted molar refractivity (Wildman–Crippen MR) is 54.7 cm³/mol. The van der Waals surface area contributed by atoms with E-state index in [4.69, 9.17) is 5.73 Å². The van der Waals surface area contributed by atoms with E-state index in [2.05, 4.69) is 44.0 Å². The Labute approximate surface area is 83.2 Å². The molecule has 0 aliphatic heterocycles. The summed E-state index contributed by atoms with van der Waals surface area (Å²) in [4.78, 5) is 0. The maximum Gasteiger partial charge on any atom is 0.0294 e. The smallest absolute Gasteiger partial charge is 0.0294 e. The van der Waals surface area contributed by atoms with E-state index in [1.807, 2.05) is 6.07 Å². The van der Waals surface area contributed by atoms with Gasteiger partial charge in [0.1, 0.15) is 0 Å². The van der Waals surface area contributed by atoms with Crippen LogP contribution >= 0.6 is 31.9 Å². The zero-order chi connectivity index (χ0) is 8.27. The van der Waals surface area contributed by atoms with Crippen LogP contribution in [0.25, 0.3) is 0 Å². The van der Waals surface area contributed by atoms with Gasteiger partial charge in [0.15, 0.2) is 0 Å². The van der Waals surface area contributed by atoms with E-state index in [1.54, 1.807) is 0 Å². The molecule has 0 atom stereocenters. The molecule has 1 aromatic rings. The molecular weight excluding hydrogens is 270 g/mol. The molecule has 0 bridgehead atoms. The Bertz CT molecular complexity index is 248. The molecule has 0 aliphatic carbocycles. The third-order valence-electron chi connectivity index (χ3n) is 1.50. The third kappa shape index (κ3) is 2.29. The van der Waals surface area contributed by atoms with Crippen molar-refractivity contribution < 1.29 is 0 Å². The van der Waals surface area contributed by atoms with E-state index in [1.165, 1.54) is 5.56 Å². The van der Waals surface area contributed by atoms with E-state index in [-0.39, 0.29) is 0 Å². The van der Waals surface area contributed by atoms with Crippen LogP contribution in [0.5, 0.6) is 0 Å². The van der Waals surface area contributed by atoms with Crippen LogP contribution in [0.4, 0.5) is 0 Å². The van der Waals surface area contributed by atoms with Crippen LogP contribution in [0, 0.1) is 0 Å². The highest BCUT2D eigenvalue weighted by Gasteiger charge is 1.97. The number of rotatable bonds is 2. The van der Waals surface area contributed by atoms with Crippen molar-refractivity contribution >= 4 is 31.9 Å². The van der Waals surface area contributed by atoms with Gasteiger partial charge < -0.3 is 5.73 Å². The molecule has 1 rings (SSSR count). The Kier molecular flexibility index (Phi) is 3.55. The number of benzene rings is 1. The minimum atomic E-state index is 0.598. The summed E-state index contributed by atoms with van der Waals surface area (Å²) in [6.07, 6.45) is 0. The molecule has 1 nitrogen and oxygen atoms in total. The van der Waals surface area contributed by atoms with Gasteiger partial charge in [-0.1, -0.05) is 44.0 Å². The fourth-order valence-corrected chi connectivity index (χ4v) is 2.26. The first kappa shape index (κ1) is 9.23. The predicted octanol–water partition coefficient (Wildman–Crippen LogP) is 2.80. The van der Waals surface area contributed by atoms with Gasteiger partial charge in [-0.25, -0.2) is 0 Å². The highest BCUT2D eigenvalue weighted by Crippen LogP contribution is 2.20. The molecule has 0 spiro atoms. The summed E-state index contributed by atoms with van der Waals surface area (Å²) in [6.45, 7) is 0.598. The third-order valence-corrected chi connectivity index (χ3v) is 2.84. The van der Waals surface area contributed by atoms with Gasteiger partial charge in [-0.15, -0.1) is 0 Å². The second-order valence-electron chi connectivity index (χ2n) is 2.26. The second kappa shape index (κ2) is 4.24. The van der Waals surface area contributed by atoms with E-state index >= 15 is 0 Å². The van der Waals surface area contributed by atoms with Crippen LogP contribution in [0.2, 0.25) is 0 Å². The number of hydrogen-bond donors (Lipinski definition) is 1. The van der Waals surface area contributed by atoms with Gasteiger partial charge in [0.2, 0.25) is 0 Å². The molecule has 3 heteroatoms. The standard InChI is InChI=1S/C8H9Br2N/c9-4-7-2-1-6(5-11)3-8(7)10/h1-3H,4-5,11H2. The summed E-state index contributed by atoms with van der Waals surface area (Å²) in [5.74, 6) is 0. The normalized spacial score (nSPS) is 10.1. The molecule has 0 aliphatic rings. The lowest BCUT2D eigenvalue weighted by atomic mass is 10.1. The lowest BCUT2D eigenvalue weighted by molar-refractivity contribution is 1.06. The summed E-state index contributed by atoms with van der Waals surface area (Å²) >= 11 is 6.86. The van der Waals surface area contributed by atoms with Crippen molar-refractivity contribution in [2.45, 2.75) is 11.9 Å². The number of halogens is 2. The molecule has 0 saturated heterocycles. The zero-order valence-corrected chi connectivity index (χ0v) is 9.15. The first-order chi connectivity index (χ1) is 5.27. The Hall–Kier alpha value is 0.140. The highest BCUT2D eigenvalue weighted by molar-refractivity contribution is 9.10. The molecule has 60 valence electrons. The fourth-order valence-electron chi connectivity index (χ4n) is 0.826. The molecule has 0 saturated carbocycles. The van der Waals surface area contributed by atoms with Crippen molar-refractivity contribution in [3.8, 4) is 0 Å². The van der Waals surface area contributed by atoms with Gasteiger partial charge in [0.25, 0.3) is 0 Å². The van der Waals surface area contributed by atoms with Crippen LogP contribution in [-0.4, -0.2) is 0 Å². The minimum Gasteiger partial charge on any atom is -0.326 e. The van der Waals surface area contributed by atoms with Crippen molar-refractivity contribution in [1.82, 2.24) is 0 Å². The quantitative estimate of drug-likeness (QED) is 0.828. The fraction of sp³-hybridized carbons (Fsp3) is 0.250. The van der Waals surface area contributed by atoms with Crippen molar-refractivity contribution in [3.63, 3.8) is 0 Å². The first-order valence-corrected chi connectivity index (χ1v) is 5.22. The lowest BCUT2D eigenvalue weighted by Crippen LogP contribution is -1.96. The van der Waals surface area contributed by atoms with E-state index in [9.17, 15) is 0 Å². The summed E-state index contributed by atoms with van der Waals surface area (Å²) < 4.78 is 1.12. The van der Waals surface area contributed by atoms with Gasteiger partial charge >= 0.3 is 0 Å². The van der Waals surface area contributed by atoms with Gasteiger partial charge in [0.05, 0.1) is 0 Å². The van der Waals surface area contributed by atoms with E-state index in [0.717, 1.165) is 15.4 Å². The summed E-state index contributed by atoms with van der Waals surface area (Å²) in [5.41, 5.74) is 7.88. The average molecular weight is 279 g/mol. The second-order valence-corrected chi connectivity index (χ2v) is 3.68. The van der Waals surface area contributed by atoms with Crippen molar-refractivity contribution in [2.24, 2.45) is 5.73 Å². The molecule has 0 aromatic heterocycles. The maximum atomic E-state index is 5.48. The average Bonchev–Trinajstić information content (AvgIpc) is 2.04. The number of hydrogen-bond acceptors (Lipinski definition) is 1. The highest BCUT2D eigenvalue weighted by atomic mass is 79.9. The maximum absolute atomic E-state index is 5.48. The zero-order valence-electron chi connectivity index (χ0n) is 5.98. The molecule has 0 unspecified atom stereocenters. The summed E-state index contributed by atoms with van der Waals surface area (Å²) in [5, 5.41) is 0.873. The number of alkyl halides is 1. The largest absolute Gasteiger partial charge is 0.326 e. The minimum absolute atomic E-state index is 0.598. The van der Waals surface area contributed by atoms with Gasteiger partial charge in [-0.2, -0.15) is 0 Å². The molecule has 0 radical (unpaired) electrons. The van der Waals surface area contributed by atoms with Crippen LogP contribution < -0.4 is 5.73 Å².